The van der Waals surface area contributed by atoms with Crippen molar-refractivity contribution in [3.8, 4) is 0 Å². The molecule has 3 unspecified atom stereocenters. The number of thioether (sulfide) groups is 1. The first-order chi connectivity index (χ1) is 17.3. The molecule has 2 bridgehead atoms. The number of esters is 1. The minimum atomic E-state index is -0.750. The minimum absolute atomic E-state index is 0.0192. The van der Waals surface area contributed by atoms with Gasteiger partial charge in [-0.1, -0.05) is 39.8 Å². The van der Waals surface area contributed by atoms with Crippen molar-refractivity contribution in [1.82, 2.24) is 9.80 Å². The van der Waals surface area contributed by atoms with Crippen molar-refractivity contribution in [3.63, 3.8) is 0 Å². The van der Waals surface area contributed by atoms with Crippen LogP contribution in [-0.4, -0.2) is 80.6 Å². The normalized spacial score (nSPS) is 30.8. The molecule has 208 valence electrons. The van der Waals surface area contributed by atoms with Crippen LogP contribution in [-0.2, 0) is 19.1 Å². The number of nitrogens with zero attached hydrogens (tertiary/aromatic N) is 2. The van der Waals surface area contributed by atoms with Crippen LogP contribution in [0.4, 0.5) is 0 Å². The van der Waals surface area contributed by atoms with Crippen molar-refractivity contribution in [3.05, 3.63) is 25.3 Å². The Morgan fingerprint density at radius 2 is 1.92 bits per heavy atom. The fraction of sp³-hybridized carbons (Fsp3) is 0.759. The highest BCUT2D eigenvalue weighted by molar-refractivity contribution is 8.02. The SMILES string of the molecule is C=CCCCOC(=O)[C@@H]1[C@H]2C(=O)N(CCO)C(C(=O)N(CC=C)C(C)(C)CC(C)(C)C)C23S[C@@H]1CC3C. The summed E-state index contributed by atoms with van der Waals surface area (Å²) in [6.45, 7) is 20.8. The van der Waals surface area contributed by atoms with Crippen LogP contribution in [0.5, 0.6) is 0 Å². The Kier molecular flexibility index (Phi) is 8.95. The van der Waals surface area contributed by atoms with Crippen molar-refractivity contribution in [2.75, 3.05) is 26.3 Å². The minimum Gasteiger partial charge on any atom is -0.465 e. The molecule has 1 spiro atoms. The topological polar surface area (TPSA) is 87.1 Å². The van der Waals surface area contributed by atoms with E-state index in [0.717, 1.165) is 19.3 Å². The molecule has 3 fully saturated rings. The number of β-amino-alcohol motifs (C(OH)–C–C–N with tert-alkyl or cyclic N) is 1. The van der Waals surface area contributed by atoms with Gasteiger partial charge in [0.1, 0.15) is 6.04 Å². The summed E-state index contributed by atoms with van der Waals surface area (Å²) in [6.07, 6.45) is 6.49. The third kappa shape index (κ3) is 5.38. The van der Waals surface area contributed by atoms with Crippen LogP contribution in [0.2, 0.25) is 0 Å². The predicted octanol–water partition coefficient (Wildman–Crippen LogP) is 4.05. The van der Waals surface area contributed by atoms with Crippen LogP contribution in [0, 0.1) is 23.2 Å². The highest BCUT2D eigenvalue weighted by Crippen LogP contribution is 2.68. The molecule has 6 atom stereocenters. The summed E-state index contributed by atoms with van der Waals surface area (Å²) in [5.74, 6) is -1.83. The zero-order chi connectivity index (χ0) is 27.8. The maximum Gasteiger partial charge on any atom is 0.310 e. The number of carbonyl (C=O) groups is 3. The van der Waals surface area contributed by atoms with Gasteiger partial charge in [-0.15, -0.1) is 24.9 Å². The molecule has 3 saturated heterocycles. The second-order valence-corrected chi connectivity index (χ2v) is 14.2. The molecule has 0 aromatic rings. The Morgan fingerprint density at radius 1 is 1.24 bits per heavy atom. The van der Waals surface area contributed by atoms with Crippen LogP contribution in [0.3, 0.4) is 0 Å². The van der Waals surface area contributed by atoms with E-state index in [0.29, 0.717) is 19.6 Å². The van der Waals surface area contributed by atoms with E-state index in [1.807, 2.05) is 4.90 Å². The van der Waals surface area contributed by atoms with Crippen molar-refractivity contribution in [2.45, 2.75) is 88.8 Å². The first-order valence-corrected chi connectivity index (χ1v) is 14.4. The molecule has 3 rings (SSSR count). The van der Waals surface area contributed by atoms with E-state index >= 15 is 0 Å². The molecule has 3 heterocycles. The van der Waals surface area contributed by atoms with Gasteiger partial charge in [-0.2, -0.15) is 0 Å². The van der Waals surface area contributed by atoms with E-state index in [1.165, 1.54) is 0 Å². The summed E-state index contributed by atoms with van der Waals surface area (Å²) in [6, 6.07) is -0.750. The zero-order valence-electron chi connectivity index (χ0n) is 23.5. The molecule has 3 aliphatic heterocycles. The molecule has 0 aliphatic carbocycles. The molecule has 1 N–H and O–H groups in total. The fourth-order valence-corrected chi connectivity index (χ4v) is 9.62. The van der Waals surface area contributed by atoms with Gasteiger partial charge in [0.05, 0.1) is 29.8 Å². The highest BCUT2D eigenvalue weighted by Gasteiger charge is 2.76. The summed E-state index contributed by atoms with van der Waals surface area (Å²) in [5, 5.41) is 9.84. The third-order valence-corrected chi connectivity index (χ3v) is 10.2. The number of aliphatic hydroxyl groups is 1. The lowest BCUT2D eigenvalue weighted by Crippen LogP contribution is -2.61. The van der Waals surface area contributed by atoms with Crippen LogP contribution in [0.15, 0.2) is 25.3 Å². The highest BCUT2D eigenvalue weighted by atomic mass is 32.2. The van der Waals surface area contributed by atoms with Gasteiger partial charge < -0.3 is 19.6 Å². The number of likely N-dealkylation sites (tertiary alicyclic amines) is 1. The Hall–Kier alpha value is -1.80. The fourth-order valence-electron chi connectivity index (χ4n) is 7.22. The number of aliphatic hydroxyl groups excluding tert-OH is 1. The van der Waals surface area contributed by atoms with Gasteiger partial charge >= 0.3 is 5.97 Å². The summed E-state index contributed by atoms with van der Waals surface area (Å²) in [4.78, 5) is 45.2. The van der Waals surface area contributed by atoms with Crippen molar-refractivity contribution in [1.29, 1.82) is 0 Å². The lowest BCUT2D eigenvalue weighted by molar-refractivity contribution is -0.154. The van der Waals surface area contributed by atoms with Gasteiger partial charge in [-0.05, 0) is 50.9 Å². The van der Waals surface area contributed by atoms with Gasteiger partial charge in [-0.3, -0.25) is 14.4 Å². The average molecular weight is 535 g/mol. The number of carbonyl (C=O) groups excluding carboxylic acids is 3. The summed E-state index contributed by atoms with van der Waals surface area (Å²) < 4.78 is 4.90. The van der Waals surface area contributed by atoms with Crippen LogP contribution in [0.1, 0.15) is 67.2 Å². The van der Waals surface area contributed by atoms with Crippen LogP contribution >= 0.6 is 11.8 Å². The summed E-state index contributed by atoms with van der Waals surface area (Å²) in [5.41, 5.74) is -0.505. The molecule has 3 aliphatic rings. The number of rotatable bonds is 12. The Balaban J connectivity index is 2.01. The largest absolute Gasteiger partial charge is 0.465 e. The molecule has 0 aromatic heterocycles. The number of hydrogen-bond donors (Lipinski definition) is 1. The second-order valence-electron chi connectivity index (χ2n) is 12.7. The van der Waals surface area contributed by atoms with Gasteiger partial charge in [0.15, 0.2) is 0 Å². The van der Waals surface area contributed by atoms with E-state index in [9.17, 15) is 19.5 Å². The summed E-state index contributed by atoms with van der Waals surface area (Å²) in [7, 11) is 0. The molecule has 37 heavy (non-hydrogen) atoms. The molecular formula is C29H46N2O5S. The lowest BCUT2D eigenvalue weighted by atomic mass is 9.66. The van der Waals surface area contributed by atoms with Crippen LogP contribution < -0.4 is 0 Å². The monoisotopic (exact) mass is 534 g/mol. The number of amides is 2. The predicted molar refractivity (Wildman–Crippen MR) is 148 cm³/mol. The van der Waals surface area contributed by atoms with Gasteiger partial charge in [0.2, 0.25) is 11.8 Å². The lowest BCUT2D eigenvalue weighted by Gasteiger charge is -2.46. The van der Waals surface area contributed by atoms with Gasteiger partial charge in [-0.25, -0.2) is 0 Å². The quantitative estimate of drug-likeness (QED) is 0.231. The number of ether oxygens (including phenoxy) is 1. The maximum atomic E-state index is 14.6. The first kappa shape index (κ1) is 29.8. The Morgan fingerprint density at radius 3 is 2.49 bits per heavy atom. The van der Waals surface area contributed by atoms with E-state index in [4.69, 9.17) is 4.74 Å². The molecular weight excluding hydrogens is 488 g/mol. The third-order valence-electron chi connectivity index (χ3n) is 8.16. The zero-order valence-corrected chi connectivity index (χ0v) is 24.3. The number of fused-ring (bicyclic) bond motifs is 1. The smallest absolute Gasteiger partial charge is 0.310 e. The standard InChI is InChI=1S/C29H46N2O5S/c1-9-11-12-16-36-26(35)21-20-17-19(3)29(37-20)22(21)24(33)30(14-15-32)23(29)25(34)31(13-10-2)28(7,8)18-27(4,5)6/h9-10,19-23,32H,1-2,11-18H2,3-8H3/t19?,20-,21+,22+,23?,29?/m1/s1. The van der Waals surface area contributed by atoms with E-state index in [1.54, 1.807) is 28.8 Å². The molecule has 7 nitrogen and oxygen atoms in total. The Labute approximate surface area is 227 Å². The van der Waals surface area contributed by atoms with Crippen molar-refractivity contribution >= 4 is 29.5 Å². The van der Waals surface area contributed by atoms with E-state index < -0.39 is 28.2 Å². The summed E-state index contributed by atoms with van der Waals surface area (Å²) >= 11 is 1.63. The second kappa shape index (κ2) is 11.1. The van der Waals surface area contributed by atoms with E-state index in [-0.39, 0.29) is 47.5 Å². The molecule has 0 aromatic carbocycles. The number of hydrogen-bond acceptors (Lipinski definition) is 6. The van der Waals surface area contributed by atoms with Crippen molar-refractivity contribution in [2.24, 2.45) is 23.2 Å². The van der Waals surface area contributed by atoms with Crippen molar-refractivity contribution < 1.29 is 24.2 Å². The average Bonchev–Trinajstić information content (AvgIpc) is 3.37. The maximum absolute atomic E-state index is 14.6. The molecule has 0 saturated carbocycles. The first-order valence-electron chi connectivity index (χ1n) is 13.6. The number of allylic oxidation sites excluding steroid dienone is 1. The molecule has 8 heteroatoms. The number of unbranched alkanes of at least 4 members (excludes halogenated alkanes) is 1. The van der Waals surface area contributed by atoms with Gasteiger partial charge in [0.25, 0.3) is 0 Å². The Bertz CT molecular complexity index is 912. The van der Waals surface area contributed by atoms with Crippen LogP contribution in [0.25, 0.3) is 0 Å². The van der Waals surface area contributed by atoms with E-state index in [2.05, 4.69) is 54.7 Å². The van der Waals surface area contributed by atoms with Gasteiger partial charge in [0, 0.05) is 23.9 Å². The molecule has 2 amide bonds. The molecule has 0 radical (unpaired) electrons.